The van der Waals surface area contributed by atoms with E-state index in [1.54, 1.807) is 6.34 Å². The summed E-state index contributed by atoms with van der Waals surface area (Å²) in [5.74, 6) is 0. The lowest BCUT2D eigenvalue weighted by molar-refractivity contribution is 0.898. The maximum Gasteiger partial charge on any atom is 0.0928 e. The van der Waals surface area contributed by atoms with Crippen molar-refractivity contribution < 1.29 is 0 Å². The zero-order valence-electron chi connectivity index (χ0n) is 10.7. The number of para-hydroxylation sites is 1. The van der Waals surface area contributed by atoms with Gasteiger partial charge in [-0.05, 0) is 30.5 Å². The van der Waals surface area contributed by atoms with Gasteiger partial charge in [-0.1, -0.05) is 48.5 Å². The topological polar surface area (TPSA) is 24.4 Å². The third-order valence-electron chi connectivity index (χ3n) is 3.25. The van der Waals surface area contributed by atoms with Gasteiger partial charge in [-0.25, -0.2) is 4.99 Å². The molecule has 2 nitrogen and oxygen atoms in total. The van der Waals surface area contributed by atoms with Crippen molar-refractivity contribution >= 4 is 18.1 Å². The van der Waals surface area contributed by atoms with Crippen LogP contribution in [-0.4, -0.2) is 6.34 Å². The van der Waals surface area contributed by atoms with Crippen LogP contribution in [0.5, 0.6) is 0 Å². The van der Waals surface area contributed by atoms with E-state index in [0.717, 1.165) is 18.5 Å². The van der Waals surface area contributed by atoms with Crippen molar-refractivity contribution in [3.8, 4) is 0 Å². The quantitative estimate of drug-likeness (QED) is 0.874. The average Bonchev–Trinajstić information content (AvgIpc) is 2.68. The standard InChI is InChI=1S/C17H16N2/c1-2-6-14(7-3-1)10-11-16-12-15-8-4-5-9-17(15)19-13-18-16/h1-9,12-13H,10-11H2,(H,18,19). The van der Waals surface area contributed by atoms with Gasteiger partial charge < -0.3 is 5.32 Å². The highest BCUT2D eigenvalue weighted by Gasteiger charge is 2.04. The fraction of sp³-hybridized carbons (Fsp3) is 0.118. The van der Waals surface area contributed by atoms with Crippen molar-refractivity contribution in [1.29, 1.82) is 0 Å². The number of fused-ring (bicyclic) bond motifs is 1. The van der Waals surface area contributed by atoms with Crippen LogP contribution in [0.3, 0.4) is 0 Å². The number of aryl methyl sites for hydroxylation is 1. The average molecular weight is 248 g/mol. The lowest BCUT2D eigenvalue weighted by atomic mass is 10.1. The summed E-state index contributed by atoms with van der Waals surface area (Å²) in [4.78, 5) is 4.40. The summed E-state index contributed by atoms with van der Waals surface area (Å²) in [6.45, 7) is 0. The Bertz CT molecular complexity index is 612. The molecule has 3 rings (SSSR count). The summed E-state index contributed by atoms with van der Waals surface area (Å²) in [6, 6.07) is 18.7. The molecule has 2 aromatic carbocycles. The molecule has 0 spiro atoms. The number of allylic oxidation sites excluding steroid dienone is 1. The highest BCUT2D eigenvalue weighted by atomic mass is 15.0. The number of aliphatic imine (C=N–C) groups is 1. The Labute approximate surface area is 113 Å². The van der Waals surface area contributed by atoms with Crippen LogP contribution in [0.2, 0.25) is 0 Å². The molecule has 0 aliphatic carbocycles. The van der Waals surface area contributed by atoms with E-state index in [2.05, 4.69) is 52.8 Å². The molecule has 0 atom stereocenters. The summed E-state index contributed by atoms with van der Waals surface area (Å²) >= 11 is 0. The first-order valence-corrected chi connectivity index (χ1v) is 6.54. The Morgan fingerprint density at radius 3 is 2.53 bits per heavy atom. The molecule has 0 radical (unpaired) electrons. The van der Waals surface area contributed by atoms with Crippen LogP contribution < -0.4 is 5.32 Å². The smallest absolute Gasteiger partial charge is 0.0928 e. The van der Waals surface area contributed by atoms with Crippen LogP contribution >= 0.6 is 0 Å². The second-order valence-corrected chi connectivity index (χ2v) is 4.62. The van der Waals surface area contributed by atoms with Crippen molar-refractivity contribution in [2.45, 2.75) is 12.8 Å². The third kappa shape index (κ3) is 2.91. The number of hydrogen-bond donors (Lipinski definition) is 1. The maximum absolute atomic E-state index is 4.40. The molecule has 1 aliphatic heterocycles. The minimum atomic E-state index is 0.990. The predicted molar refractivity (Wildman–Crippen MR) is 80.5 cm³/mol. The van der Waals surface area contributed by atoms with Crippen molar-refractivity contribution in [3.05, 3.63) is 71.4 Å². The van der Waals surface area contributed by atoms with Gasteiger partial charge in [-0.3, -0.25) is 0 Å². The van der Waals surface area contributed by atoms with Gasteiger partial charge >= 0.3 is 0 Å². The van der Waals surface area contributed by atoms with E-state index in [4.69, 9.17) is 0 Å². The first-order valence-electron chi connectivity index (χ1n) is 6.54. The van der Waals surface area contributed by atoms with Gasteiger partial charge in [-0.2, -0.15) is 0 Å². The minimum absolute atomic E-state index is 0.990. The molecule has 0 saturated carbocycles. The predicted octanol–water partition coefficient (Wildman–Crippen LogP) is 3.92. The molecule has 0 amide bonds. The zero-order chi connectivity index (χ0) is 12.9. The molecule has 19 heavy (non-hydrogen) atoms. The van der Waals surface area contributed by atoms with Crippen LogP contribution in [0.25, 0.3) is 6.08 Å². The molecule has 0 unspecified atom stereocenters. The van der Waals surface area contributed by atoms with Gasteiger partial charge in [0.2, 0.25) is 0 Å². The van der Waals surface area contributed by atoms with E-state index >= 15 is 0 Å². The molecule has 0 fully saturated rings. The molecule has 0 bridgehead atoms. The van der Waals surface area contributed by atoms with E-state index in [9.17, 15) is 0 Å². The highest BCUT2D eigenvalue weighted by molar-refractivity contribution is 5.75. The van der Waals surface area contributed by atoms with Crippen LogP contribution in [0.4, 0.5) is 5.69 Å². The number of nitrogens with one attached hydrogen (secondary N) is 1. The first-order chi connectivity index (χ1) is 9.42. The molecule has 2 heteroatoms. The van der Waals surface area contributed by atoms with Gasteiger partial charge in [0.15, 0.2) is 0 Å². The summed E-state index contributed by atoms with van der Waals surface area (Å²) in [6.07, 6.45) is 5.99. The summed E-state index contributed by atoms with van der Waals surface area (Å²) in [5.41, 5.74) is 4.76. The fourth-order valence-corrected chi connectivity index (χ4v) is 2.21. The molecule has 0 saturated heterocycles. The summed E-state index contributed by atoms with van der Waals surface area (Å²) in [7, 11) is 0. The molecule has 1 N–H and O–H groups in total. The Morgan fingerprint density at radius 2 is 1.63 bits per heavy atom. The maximum atomic E-state index is 4.40. The fourth-order valence-electron chi connectivity index (χ4n) is 2.21. The molecule has 1 aliphatic rings. The molecule has 94 valence electrons. The third-order valence-corrected chi connectivity index (χ3v) is 3.25. The minimum Gasteiger partial charge on any atom is -0.350 e. The van der Waals surface area contributed by atoms with Crippen molar-refractivity contribution in [1.82, 2.24) is 5.32 Å². The second kappa shape index (κ2) is 5.53. The van der Waals surface area contributed by atoms with Crippen LogP contribution in [0, 0.1) is 0 Å². The largest absolute Gasteiger partial charge is 0.350 e. The van der Waals surface area contributed by atoms with E-state index in [0.29, 0.717) is 0 Å². The Balaban J connectivity index is 1.76. The molecule has 1 heterocycles. The van der Waals surface area contributed by atoms with Gasteiger partial charge in [0, 0.05) is 11.3 Å². The van der Waals surface area contributed by atoms with E-state index < -0.39 is 0 Å². The normalized spacial score (nSPS) is 13.2. The molecule has 2 aromatic rings. The van der Waals surface area contributed by atoms with Gasteiger partial charge in [-0.15, -0.1) is 0 Å². The monoisotopic (exact) mass is 248 g/mol. The van der Waals surface area contributed by atoms with Gasteiger partial charge in [0.1, 0.15) is 0 Å². The molecule has 0 aromatic heterocycles. The van der Waals surface area contributed by atoms with E-state index in [1.807, 2.05) is 18.2 Å². The van der Waals surface area contributed by atoms with Gasteiger partial charge in [0.25, 0.3) is 0 Å². The lowest BCUT2D eigenvalue weighted by Crippen LogP contribution is -2.10. The Morgan fingerprint density at radius 1 is 0.842 bits per heavy atom. The Hall–Kier alpha value is -2.35. The Kier molecular flexibility index (Phi) is 3.41. The number of hydrogen-bond acceptors (Lipinski definition) is 2. The first kappa shape index (κ1) is 11.7. The van der Waals surface area contributed by atoms with Crippen LogP contribution in [-0.2, 0) is 6.42 Å². The molecular weight excluding hydrogens is 232 g/mol. The number of rotatable bonds is 3. The number of benzene rings is 2. The molecular formula is C17H16N2. The summed E-state index contributed by atoms with van der Waals surface area (Å²) < 4.78 is 0. The number of nitrogens with zero attached hydrogens (tertiary/aromatic N) is 1. The van der Waals surface area contributed by atoms with E-state index in [1.165, 1.54) is 16.8 Å². The van der Waals surface area contributed by atoms with Crippen molar-refractivity contribution in [3.63, 3.8) is 0 Å². The van der Waals surface area contributed by atoms with Crippen LogP contribution in [0.1, 0.15) is 17.5 Å². The SMILES string of the molecule is C1=Nc2ccccc2C=C(CCc2ccccc2)N1. The zero-order valence-corrected chi connectivity index (χ0v) is 10.7. The van der Waals surface area contributed by atoms with Crippen molar-refractivity contribution in [2.75, 3.05) is 0 Å². The lowest BCUT2D eigenvalue weighted by Gasteiger charge is -2.06. The van der Waals surface area contributed by atoms with E-state index in [-0.39, 0.29) is 0 Å². The van der Waals surface area contributed by atoms with Crippen molar-refractivity contribution in [2.24, 2.45) is 4.99 Å². The van der Waals surface area contributed by atoms with Crippen LogP contribution in [0.15, 0.2) is 65.3 Å². The highest BCUT2D eigenvalue weighted by Crippen LogP contribution is 2.23. The van der Waals surface area contributed by atoms with Gasteiger partial charge in [0.05, 0.1) is 12.0 Å². The second-order valence-electron chi connectivity index (χ2n) is 4.62. The summed E-state index contributed by atoms with van der Waals surface area (Å²) in [5, 5.41) is 3.27.